The molecule has 0 bridgehead atoms. The van der Waals surface area contributed by atoms with Crippen LogP contribution >= 0.6 is 34.7 Å². The largest absolute Gasteiger partial charge is 0.394 e. The molecule has 0 aliphatic carbocycles. The van der Waals surface area contributed by atoms with Crippen LogP contribution in [0.4, 0.5) is 13.2 Å². The maximum absolute atomic E-state index is 13.5. The SMILES string of the molecule is NN=C(C=NC1C(O)[C@@H](Sc2cc(Cl)cs2)OC(CO)[C@@H]1O)c1cc(F)c(F)c(F)c1. The molecule has 3 unspecified atom stereocenters. The molecule has 2 heterocycles. The number of aliphatic imine (C=N–C) groups is 1. The van der Waals surface area contributed by atoms with Gasteiger partial charge in [0.2, 0.25) is 0 Å². The quantitative estimate of drug-likeness (QED) is 0.211. The Balaban J connectivity index is 1.85. The van der Waals surface area contributed by atoms with Crippen LogP contribution in [0.15, 0.2) is 37.9 Å². The number of hydrogen-bond donors (Lipinski definition) is 4. The lowest BCUT2D eigenvalue weighted by Gasteiger charge is -2.40. The van der Waals surface area contributed by atoms with Crippen LogP contribution in [0.3, 0.4) is 0 Å². The van der Waals surface area contributed by atoms with Crippen molar-refractivity contribution < 1.29 is 33.2 Å². The molecule has 2 aromatic rings. The Morgan fingerprint density at radius 2 is 1.90 bits per heavy atom. The predicted octanol–water partition coefficient (Wildman–Crippen LogP) is 2.15. The van der Waals surface area contributed by atoms with Crippen LogP contribution in [0.5, 0.6) is 0 Å². The first-order valence-corrected chi connectivity index (χ1v) is 10.9. The molecule has 0 radical (unpaired) electrons. The molecule has 13 heteroatoms. The Hall–Kier alpha value is -1.67. The van der Waals surface area contributed by atoms with Crippen molar-refractivity contribution in [2.45, 2.75) is 34.0 Å². The lowest BCUT2D eigenvalue weighted by molar-refractivity contribution is -0.159. The van der Waals surface area contributed by atoms with Crippen LogP contribution in [0, 0.1) is 17.5 Å². The number of benzene rings is 1. The lowest BCUT2D eigenvalue weighted by Crippen LogP contribution is -2.56. The van der Waals surface area contributed by atoms with Gasteiger partial charge in [-0.2, -0.15) is 5.10 Å². The predicted molar refractivity (Wildman–Crippen MR) is 112 cm³/mol. The number of thiophene rings is 1. The van der Waals surface area contributed by atoms with Crippen LogP contribution < -0.4 is 5.84 Å². The Morgan fingerprint density at radius 1 is 1.23 bits per heavy atom. The average Bonchev–Trinajstić information content (AvgIpc) is 3.15. The van der Waals surface area contributed by atoms with E-state index >= 15 is 0 Å². The molecule has 31 heavy (non-hydrogen) atoms. The van der Waals surface area contributed by atoms with E-state index in [4.69, 9.17) is 22.2 Å². The minimum absolute atomic E-state index is 0.198. The highest BCUT2D eigenvalue weighted by Crippen LogP contribution is 2.38. The fourth-order valence-electron chi connectivity index (χ4n) is 2.85. The number of thioether (sulfide) groups is 1. The van der Waals surface area contributed by atoms with Crippen molar-refractivity contribution in [1.82, 2.24) is 0 Å². The molecule has 5 N–H and O–H groups in total. The molecule has 1 aromatic carbocycles. The molecular weight excluding hydrogens is 479 g/mol. The van der Waals surface area contributed by atoms with Crippen molar-refractivity contribution in [3.05, 3.63) is 51.6 Å². The van der Waals surface area contributed by atoms with Gasteiger partial charge in [0.1, 0.15) is 35.5 Å². The third-order valence-corrected chi connectivity index (χ3v) is 7.03. The van der Waals surface area contributed by atoms with E-state index in [-0.39, 0.29) is 11.3 Å². The second kappa shape index (κ2) is 10.3. The highest BCUT2D eigenvalue weighted by atomic mass is 35.5. The van der Waals surface area contributed by atoms with Crippen LogP contribution in [-0.4, -0.2) is 63.6 Å². The summed E-state index contributed by atoms with van der Waals surface area (Å²) in [5, 5.41) is 36.2. The first-order chi connectivity index (χ1) is 14.7. The monoisotopic (exact) mass is 495 g/mol. The highest BCUT2D eigenvalue weighted by Gasteiger charge is 2.44. The average molecular weight is 496 g/mol. The second-order valence-corrected chi connectivity index (χ2v) is 9.19. The van der Waals surface area contributed by atoms with E-state index < -0.39 is 53.8 Å². The fraction of sp³-hybridized carbons (Fsp3) is 0.333. The molecule has 7 nitrogen and oxygen atoms in total. The Morgan fingerprint density at radius 3 is 2.45 bits per heavy atom. The van der Waals surface area contributed by atoms with Crippen molar-refractivity contribution in [1.29, 1.82) is 0 Å². The summed E-state index contributed by atoms with van der Waals surface area (Å²) in [7, 11) is 0. The zero-order chi connectivity index (χ0) is 22.7. The molecule has 0 saturated carbocycles. The number of aliphatic hydroxyl groups excluding tert-OH is 3. The molecule has 1 fully saturated rings. The van der Waals surface area contributed by atoms with Crippen molar-refractivity contribution in [2.24, 2.45) is 15.9 Å². The highest BCUT2D eigenvalue weighted by molar-refractivity contribution is 8.01. The number of hydrogen-bond acceptors (Lipinski definition) is 9. The lowest BCUT2D eigenvalue weighted by atomic mass is 9.98. The fourth-order valence-corrected chi connectivity index (χ4v) is 5.29. The van der Waals surface area contributed by atoms with Crippen molar-refractivity contribution >= 4 is 46.6 Å². The molecule has 1 aromatic heterocycles. The molecule has 0 amide bonds. The second-order valence-electron chi connectivity index (χ2n) is 6.45. The Labute approximate surface area is 188 Å². The van der Waals surface area contributed by atoms with E-state index in [1.165, 1.54) is 11.3 Å². The number of rotatable bonds is 6. The topological polar surface area (TPSA) is 121 Å². The van der Waals surface area contributed by atoms with Gasteiger partial charge in [-0.25, -0.2) is 13.2 Å². The van der Waals surface area contributed by atoms with E-state index in [0.717, 1.165) is 22.2 Å². The summed E-state index contributed by atoms with van der Waals surface area (Å²) in [5.74, 6) is 0.735. The minimum atomic E-state index is -1.65. The normalized spacial score (nSPS) is 27.2. The number of ether oxygens (including phenoxy) is 1. The number of nitrogens with zero attached hydrogens (tertiary/aromatic N) is 2. The summed E-state index contributed by atoms with van der Waals surface area (Å²) in [6.45, 7) is -0.547. The Kier molecular flexibility index (Phi) is 7.97. The number of hydrazone groups is 1. The van der Waals surface area contributed by atoms with Crippen LogP contribution in [0.1, 0.15) is 5.56 Å². The summed E-state index contributed by atoms with van der Waals surface area (Å²) >= 11 is 8.35. The molecule has 1 saturated heterocycles. The van der Waals surface area contributed by atoms with Gasteiger partial charge in [-0.3, -0.25) is 4.99 Å². The van der Waals surface area contributed by atoms with Crippen molar-refractivity contribution in [3.8, 4) is 0 Å². The summed E-state index contributed by atoms with van der Waals surface area (Å²) in [4.78, 5) is 4.07. The van der Waals surface area contributed by atoms with Crippen LogP contribution in [0.2, 0.25) is 5.02 Å². The standard InChI is InChI=1S/C18H17ClF3N3O4S2/c19-8-3-13(30-6-8)31-18-17(28)15(16(27)12(5-26)29-18)24-4-11(25-23)7-1-9(20)14(22)10(21)2-7/h1-4,6,12,15-18,26-28H,5,23H2/t12?,15?,16-,17?,18+/m0/s1. The first-order valence-electron chi connectivity index (χ1n) is 8.74. The molecule has 168 valence electrons. The van der Waals surface area contributed by atoms with Crippen molar-refractivity contribution in [2.75, 3.05) is 6.61 Å². The van der Waals surface area contributed by atoms with E-state index in [2.05, 4.69) is 10.1 Å². The zero-order valence-electron chi connectivity index (χ0n) is 15.5. The third kappa shape index (κ3) is 5.40. The molecular formula is C18H17ClF3N3O4S2. The maximum Gasteiger partial charge on any atom is 0.194 e. The summed E-state index contributed by atoms with van der Waals surface area (Å²) in [6, 6.07) is 1.84. The number of aliphatic hydroxyl groups is 3. The van der Waals surface area contributed by atoms with E-state index in [1.807, 2.05) is 0 Å². The van der Waals surface area contributed by atoms with Gasteiger partial charge in [0.05, 0.1) is 15.8 Å². The van der Waals surface area contributed by atoms with E-state index in [0.29, 0.717) is 17.2 Å². The third-order valence-electron chi connectivity index (χ3n) is 4.41. The zero-order valence-corrected chi connectivity index (χ0v) is 17.9. The van der Waals surface area contributed by atoms with Gasteiger partial charge >= 0.3 is 0 Å². The molecule has 5 atom stereocenters. The molecule has 1 aliphatic heterocycles. The van der Waals surface area contributed by atoms with Gasteiger partial charge in [0.25, 0.3) is 0 Å². The van der Waals surface area contributed by atoms with Gasteiger partial charge in [0, 0.05) is 17.2 Å². The Bertz CT molecular complexity index is 971. The van der Waals surface area contributed by atoms with Gasteiger partial charge in [-0.15, -0.1) is 11.3 Å². The number of halogens is 4. The first kappa shape index (κ1) is 24.0. The molecule has 0 spiro atoms. The van der Waals surface area contributed by atoms with Gasteiger partial charge in [0.15, 0.2) is 17.5 Å². The summed E-state index contributed by atoms with van der Waals surface area (Å²) in [5.41, 5.74) is -1.33. The number of nitrogens with two attached hydrogens (primary N) is 1. The van der Waals surface area contributed by atoms with E-state index in [9.17, 15) is 28.5 Å². The van der Waals surface area contributed by atoms with Gasteiger partial charge in [-0.05, 0) is 18.2 Å². The smallest absolute Gasteiger partial charge is 0.194 e. The summed E-state index contributed by atoms with van der Waals surface area (Å²) in [6.07, 6.45) is -2.80. The minimum Gasteiger partial charge on any atom is -0.394 e. The van der Waals surface area contributed by atoms with Crippen molar-refractivity contribution in [3.63, 3.8) is 0 Å². The van der Waals surface area contributed by atoms with Crippen LogP contribution in [-0.2, 0) is 4.74 Å². The summed E-state index contributed by atoms with van der Waals surface area (Å²) < 4.78 is 46.5. The maximum atomic E-state index is 13.5. The molecule has 3 rings (SSSR count). The van der Waals surface area contributed by atoms with E-state index in [1.54, 1.807) is 11.4 Å². The van der Waals surface area contributed by atoms with Crippen LogP contribution in [0.25, 0.3) is 0 Å². The molecule has 1 aliphatic rings. The van der Waals surface area contributed by atoms with Gasteiger partial charge in [-0.1, -0.05) is 23.4 Å². The van der Waals surface area contributed by atoms with Gasteiger partial charge < -0.3 is 25.9 Å².